The molecule has 0 unspecified atom stereocenters. The van der Waals surface area contributed by atoms with Gasteiger partial charge in [-0.3, -0.25) is 0 Å². The highest BCUT2D eigenvalue weighted by Gasteiger charge is 2.31. The smallest absolute Gasteiger partial charge is 0.228 e. The molecule has 0 amide bonds. The quantitative estimate of drug-likeness (QED) is 0.913. The molecular weight excluding hydrogens is 240 g/mol. The van der Waals surface area contributed by atoms with E-state index in [0.717, 1.165) is 24.2 Å². The van der Waals surface area contributed by atoms with Crippen molar-refractivity contribution in [2.45, 2.75) is 44.6 Å². The summed E-state index contributed by atoms with van der Waals surface area (Å²) in [6, 6.07) is 5.77. The second kappa shape index (κ2) is 4.74. The van der Waals surface area contributed by atoms with E-state index in [0.29, 0.717) is 18.1 Å². The fourth-order valence-corrected chi connectivity index (χ4v) is 2.66. The van der Waals surface area contributed by atoms with Gasteiger partial charge in [0.25, 0.3) is 0 Å². The van der Waals surface area contributed by atoms with Gasteiger partial charge in [0.1, 0.15) is 5.69 Å². The first-order valence-corrected chi connectivity index (χ1v) is 6.70. The van der Waals surface area contributed by atoms with Gasteiger partial charge in [0.05, 0.1) is 0 Å². The van der Waals surface area contributed by atoms with E-state index in [2.05, 4.69) is 15.1 Å². The molecule has 1 aliphatic rings. The van der Waals surface area contributed by atoms with E-state index in [4.69, 9.17) is 10.3 Å². The van der Waals surface area contributed by atoms with Crippen molar-refractivity contribution >= 4 is 0 Å². The fraction of sp³-hybridized carbons (Fsp3) is 0.500. The van der Waals surface area contributed by atoms with Crippen LogP contribution in [0, 0.1) is 6.92 Å². The van der Waals surface area contributed by atoms with Gasteiger partial charge in [-0.1, -0.05) is 24.1 Å². The molecule has 2 aromatic rings. The minimum atomic E-state index is -0.163. The summed E-state index contributed by atoms with van der Waals surface area (Å²) in [4.78, 5) is 8.80. The van der Waals surface area contributed by atoms with Gasteiger partial charge in [0.2, 0.25) is 11.7 Å². The third-order valence-electron chi connectivity index (χ3n) is 3.69. The van der Waals surface area contributed by atoms with Crippen LogP contribution in [0.4, 0.5) is 0 Å². The lowest BCUT2D eigenvalue weighted by Crippen LogP contribution is -2.38. The standard InChI is InChI=1S/C14H18N4O/c1-10-5-4-6-11(16-10)13-17-12(19-18-13)9-14(15)7-2-3-8-14/h4-6H,2-3,7-9,15H2,1H3. The first kappa shape index (κ1) is 12.3. The number of rotatable bonds is 3. The molecule has 2 N–H and O–H groups in total. The third kappa shape index (κ3) is 2.66. The molecule has 19 heavy (non-hydrogen) atoms. The maximum absolute atomic E-state index is 6.32. The highest BCUT2D eigenvalue weighted by atomic mass is 16.5. The predicted octanol–water partition coefficient (Wildman–Crippen LogP) is 2.25. The molecule has 1 fully saturated rings. The minimum Gasteiger partial charge on any atom is -0.339 e. The maximum atomic E-state index is 6.32. The van der Waals surface area contributed by atoms with Crippen molar-refractivity contribution < 1.29 is 4.52 Å². The van der Waals surface area contributed by atoms with Crippen LogP contribution in [0.2, 0.25) is 0 Å². The Kier molecular flexibility index (Phi) is 3.06. The number of hydrogen-bond donors (Lipinski definition) is 1. The molecule has 2 aromatic heterocycles. The molecule has 1 saturated carbocycles. The van der Waals surface area contributed by atoms with Gasteiger partial charge in [0, 0.05) is 17.7 Å². The molecule has 0 radical (unpaired) electrons. The van der Waals surface area contributed by atoms with Gasteiger partial charge in [-0.25, -0.2) is 4.98 Å². The summed E-state index contributed by atoms with van der Waals surface area (Å²) in [6.45, 7) is 1.94. The Morgan fingerprint density at radius 2 is 2.05 bits per heavy atom. The van der Waals surface area contributed by atoms with E-state index in [1.165, 1.54) is 12.8 Å². The molecule has 0 saturated heterocycles. The SMILES string of the molecule is Cc1cccc(-c2noc(CC3(N)CCCC3)n2)n1. The molecule has 0 aliphatic heterocycles. The predicted molar refractivity (Wildman–Crippen MR) is 71.4 cm³/mol. The van der Waals surface area contributed by atoms with Crippen LogP contribution >= 0.6 is 0 Å². The maximum Gasteiger partial charge on any atom is 0.228 e. The van der Waals surface area contributed by atoms with Crippen LogP contribution in [0.3, 0.4) is 0 Å². The van der Waals surface area contributed by atoms with Crippen molar-refractivity contribution in [1.82, 2.24) is 15.1 Å². The minimum absolute atomic E-state index is 0.163. The van der Waals surface area contributed by atoms with Crippen LogP contribution in [0.25, 0.3) is 11.5 Å². The summed E-state index contributed by atoms with van der Waals surface area (Å²) in [5, 5.41) is 4.00. The highest BCUT2D eigenvalue weighted by molar-refractivity contribution is 5.48. The molecule has 5 heteroatoms. The summed E-state index contributed by atoms with van der Waals surface area (Å²) in [7, 11) is 0. The molecule has 5 nitrogen and oxygen atoms in total. The molecule has 3 rings (SSSR count). The van der Waals surface area contributed by atoms with Gasteiger partial charge >= 0.3 is 0 Å². The Bertz CT molecular complexity index is 572. The van der Waals surface area contributed by atoms with Crippen molar-refractivity contribution in [1.29, 1.82) is 0 Å². The van der Waals surface area contributed by atoms with Crippen molar-refractivity contribution in [3.8, 4) is 11.5 Å². The molecule has 100 valence electrons. The summed E-state index contributed by atoms with van der Waals surface area (Å²) in [6.07, 6.45) is 5.11. The summed E-state index contributed by atoms with van der Waals surface area (Å²) < 4.78 is 5.30. The number of hydrogen-bond acceptors (Lipinski definition) is 5. The molecule has 0 atom stereocenters. The zero-order valence-corrected chi connectivity index (χ0v) is 11.1. The van der Waals surface area contributed by atoms with Gasteiger partial charge in [-0.15, -0.1) is 0 Å². The van der Waals surface area contributed by atoms with Gasteiger partial charge in [0.15, 0.2) is 0 Å². The lowest BCUT2D eigenvalue weighted by Gasteiger charge is -2.20. The summed E-state index contributed by atoms with van der Waals surface area (Å²) in [5.74, 6) is 1.16. The van der Waals surface area contributed by atoms with Crippen LogP contribution in [0.15, 0.2) is 22.7 Å². The van der Waals surface area contributed by atoms with E-state index in [-0.39, 0.29) is 5.54 Å². The van der Waals surface area contributed by atoms with E-state index >= 15 is 0 Å². The number of nitrogens with two attached hydrogens (primary N) is 1. The van der Waals surface area contributed by atoms with Gasteiger partial charge in [-0.2, -0.15) is 4.98 Å². The van der Waals surface area contributed by atoms with Crippen molar-refractivity contribution in [2.75, 3.05) is 0 Å². The largest absolute Gasteiger partial charge is 0.339 e. The Balaban J connectivity index is 1.79. The van der Waals surface area contributed by atoms with Crippen LogP contribution in [-0.4, -0.2) is 20.7 Å². The molecule has 0 aromatic carbocycles. The zero-order chi connectivity index (χ0) is 13.3. The van der Waals surface area contributed by atoms with Crippen LogP contribution in [0.5, 0.6) is 0 Å². The molecule has 1 aliphatic carbocycles. The Hall–Kier alpha value is -1.75. The van der Waals surface area contributed by atoms with Crippen LogP contribution in [-0.2, 0) is 6.42 Å². The lowest BCUT2D eigenvalue weighted by molar-refractivity contribution is 0.329. The van der Waals surface area contributed by atoms with E-state index in [1.54, 1.807) is 0 Å². The number of pyridine rings is 1. The summed E-state index contributed by atoms with van der Waals surface area (Å²) in [5.41, 5.74) is 7.84. The van der Waals surface area contributed by atoms with Crippen molar-refractivity contribution in [3.05, 3.63) is 29.8 Å². The Labute approximate surface area is 112 Å². The number of nitrogens with zero attached hydrogens (tertiary/aromatic N) is 3. The van der Waals surface area contributed by atoms with Gasteiger partial charge in [-0.05, 0) is 31.9 Å². The average Bonchev–Trinajstić information content (AvgIpc) is 2.99. The summed E-state index contributed by atoms with van der Waals surface area (Å²) >= 11 is 0. The normalized spacial score (nSPS) is 17.8. The number of aryl methyl sites for hydroxylation is 1. The Morgan fingerprint density at radius 3 is 2.79 bits per heavy atom. The molecule has 2 heterocycles. The van der Waals surface area contributed by atoms with Crippen molar-refractivity contribution in [2.24, 2.45) is 5.73 Å². The highest BCUT2D eigenvalue weighted by Crippen LogP contribution is 2.30. The monoisotopic (exact) mass is 258 g/mol. The lowest BCUT2D eigenvalue weighted by atomic mass is 9.95. The number of aromatic nitrogens is 3. The molecule has 0 bridgehead atoms. The first-order chi connectivity index (χ1) is 9.15. The van der Waals surface area contributed by atoms with E-state index in [9.17, 15) is 0 Å². The second-order valence-electron chi connectivity index (χ2n) is 5.42. The second-order valence-corrected chi connectivity index (χ2v) is 5.42. The first-order valence-electron chi connectivity index (χ1n) is 6.70. The Morgan fingerprint density at radius 1 is 1.26 bits per heavy atom. The van der Waals surface area contributed by atoms with E-state index < -0.39 is 0 Å². The van der Waals surface area contributed by atoms with Crippen LogP contribution in [0.1, 0.15) is 37.3 Å². The topological polar surface area (TPSA) is 77.8 Å². The van der Waals surface area contributed by atoms with Crippen molar-refractivity contribution in [3.63, 3.8) is 0 Å². The fourth-order valence-electron chi connectivity index (χ4n) is 2.66. The zero-order valence-electron chi connectivity index (χ0n) is 11.1. The van der Waals surface area contributed by atoms with Crippen LogP contribution < -0.4 is 5.73 Å². The average molecular weight is 258 g/mol. The van der Waals surface area contributed by atoms with Gasteiger partial charge < -0.3 is 10.3 Å². The van der Waals surface area contributed by atoms with E-state index in [1.807, 2.05) is 25.1 Å². The molecule has 0 spiro atoms. The third-order valence-corrected chi connectivity index (χ3v) is 3.69. The molecular formula is C14H18N4O.